The van der Waals surface area contributed by atoms with Crippen molar-refractivity contribution in [2.24, 2.45) is 0 Å². The average molecular weight is 295 g/mol. The summed E-state index contributed by atoms with van der Waals surface area (Å²) < 4.78 is 4.58. The highest BCUT2D eigenvalue weighted by atomic mass is 32.1. The van der Waals surface area contributed by atoms with E-state index >= 15 is 0 Å². The Balaban J connectivity index is 1.74. The lowest BCUT2D eigenvalue weighted by Gasteiger charge is -2.23. The molecule has 1 aliphatic rings. The van der Waals surface area contributed by atoms with Crippen LogP contribution in [-0.4, -0.2) is 10.4 Å². The molecule has 106 valence electrons. The average Bonchev–Trinajstić information content (AvgIpc) is 3.26. The Morgan fingerprint density at radius 3 is 2.67 bits per heavy atom. The first-order valence-electron chi connectivity index (χ1n) is 7.27. The van der Waals surface area contributed by atoms with E-state index < -0.39 is 0 Å². The number of nitrogens with two attached hydrogens (primary N) is 1. The highest BCUT2D eigenvalue weighted by Gasteiger charge is 2.31. The van der Waals surface area contributed by atoms with Crippen molar-refractivity contribution in [2.45, 2.75) is 25.4 Å². The van der Waals surface area contributed by atoms with Gasteiger partial charge in [0.15, 0.2) is 0 Å². The summed E-state index contributed by atoms with van der Waals surface area (Å²) in [4.78, 5) is 2.48. The zero-order valence-electron chi connectivity index (χ0n) is 11.7. The Labute approximate surface area is 128 Å². The summed E-state index contributed by atoms with van der Waals surface area (Å²) in [7, 11) is 0. The molecule has 0 bridgehead atoms. The number of nitrogens with zero attached hydrogens (tertiary/aromatic N) is 2. The topological polar surface area (TPSA) is 42.1 Å². The molecule has 1 fully saturated rings. The van der Waals surface area contributed by atoms with E-state index in [1.54, 1.807) is 11.5 Å². The summed E-state index contributed by atoms with van der Waals surface area (Å²) in [5.41, 5.74) is 9.27. The van der Waals surface area contributed by atoms with Crippen LogP contribution in [0.5, 0.6) is 0 Å². The fourth-order valence-electron chi connectivity index (χ4n) is 2.70. The monoisotopic (exact) mass is 295 g/mol. The minimum atomic E-state index is 0.633. The van der Waals surface area contributed by atoms with Gasteiger partial charge in [0.1, 0.15) is 5.00 Å². The van der Waals surface area contributed by atoms with Crippen LogP contribution in [0.1, 0.15) is 18.4 Å². The molecule has 21 heavy (non-hydrogen) atoms. The van der Waals surface area contributed by atoms with Crippen LogP contribution in [0.15, 0.2) is 48.5 Å². The Bertz CT molecular complexity index is 776. The lowest BCUT2D eigenvalue weighted by atomic mass is 10.1. The van der Waals surface area contributed by atoms with Crippen molar-refractivity contribution in [1.29, 1.82) is 0 Å². The van der Waals surface area contributed by atoms with Crippen molar-refractivity contribution >= 4 is 33.1 Å². The summed E-state index contributed by atoms with van der Waals surface area (Å²) in [6, 6.07) is 17.1. The minimum absolute atomic E-state index is 0.633. The van der Waals surface area contributed by atoms with E-state index in [1.165, 1.54) is 28.8 Å². The second-order valence-corrected chi connectivity index (χ2v) is 6.31. The van der Waals surface area contributed by atoms with E-state index in [0.717, 1.165) is 17.7 Å². The third-order valence-electron chi connectivity index (χ3n) is 4.01. The molecule has 0 atom stereocenters. The Morgan fingerprint density at radius 2 is 1.86 bits per heavy atom. The molecular weight excluding hydrogens is 278 g/mol. The molecule has 4 rings (SSSR count). The van der Waals surface area contributed by atoms with Crippen LogP contribution in [0, 0.1) is 0 Å². The molecule has 2 aromatic carbocycles. The smallest absolute Gasteiger partial charge is 0.120 e. The largest absolute Gasteiger partial charge is 0.398 e. The van der Waals surface area contributed by atoms with Gasteiger partial charge in [-0.2, -0.15) is 4.37 Å². The van der Waals surface area contributed by atoms with Crippen molar-refractivity contribution in [3.8, 4) is 0 Å². The molecule has 0 radical (unpaired) electrons. The van der Waals surface area contributed by atoms with Crippen molar-refractivity contribution < 1.29 is 0 Å². The summed E-state index contributed by atoms with van der Waals surface area (Å²) in [5, 5.41) is 2.53. The Morgan fingerprint density at radius 1 is 1.10 bits per heavy atom. The second kappa shape index (κ2) is 5.04. The third kappa shape index (κ3) is 2.36. The summed E-state index contributed by atoms with van der Waals surface area (Å²) in [6.07, 6.45) is 2.53. The van der Waals surface area contributed by atoms with Gasteiger partial charge in [0.25, 0.3) is 0 Å². The predicted octanol–water partition coefficient (Wildman–Crippen LogP) is 4.05. The van der Waals surface area contributed by atoms with Crippen LogP contribution in [0.4, 0.5) is 10.7 Å². The zero-order valence-corrected chi connectivity index (χ0v) is 12.5. The molecule has 0 amide bonds. The fourth-order valence-corrected chi connectivity index (χ4v) is 3.63. The second-order valence-electron chi connectivity index (χ2n) is 5.56. The molecular formula is C17H17N3S. The number of hydrogen-bond acceptors (Lipinski definition) is 4. The molecule has 1 heterocycles. The van der Waals surface area contributed by atoms with E-state index in [1.807, 2.05) is 18.2 Å². The Hall–Kier alpha value is -2.07. The lowest BCUT2D eigenvalue weighted by molar-refractivity contribution is 0.807. The van der Waals surface area contributed by atoms with Crippen LogP contribution < -0.4 is 10.6 Å². The normalized spacial score (nSPS) is 14.5. The summed E-state index contributed by atoms with van der Waals surface area (Å²) in [6.45, 7) is 0.865. The van der Waals surface area contributed by atoms with Crippen molar-refractivity contribution in [3.05, 3.63) is 54.1 Å². The van der Waals surface area contributed by atoms with Crippen LogP contribution in [-0.2, 0) is 6.54 Å². The minimum Gasteiger partial charge on any atom is -0.398 e. The molecule has 4 heteroatoms. The number of anilines is 2. The summed E-state index contributed by atoms with van der Waals surface area (Å²) >= 11 is 1.60. The van der Waals surface area contributed by atoms with Crippen LogP contribution in [0.25, 0.3) is 10.9 Å². The maximum Gasteiger partial charge on any atom is 0.120 e. The molecule has 2 N–H and O–H groups in total. The van der Waals surface area contributed by atoms with Gasteiger partial charge in [0, 0.05) is 23.7 Å². The first kappa shape index (κ1) is 12.7. The van der Waals surface area contributed by atoms with Gasteiger partial charge in [0.05, 0.1) is 5.52 Å². The number of aromatic nitrogens is 1. The van der Waals surface area contributed by atoms with Gasteiger partial charge in [-0.1, -0.05) is 30.3 Å². The fraction of sp³-hybridized carbons (Fsp3) is 0.235. The summed E-state index contributed by atoms with van der Waals surface area (Å²) in [5.74, 6) is 0. The van der Waals surface area contributed by atoms with E-state index in [2.05, 4.69) is 39.6 Å². The number of fused-ring (bicyclic) bond motifs is 1. The number of nitrogen functional groups attached to an aromatic ring is 1. The maximum absolute atomic E-state index is 6.12. The molecule has 3 aromatic rings. The van der Waals surface area contributed by atoms with Gasteiger partial charge in [-0.15, -0.1) is 0 Å². The molecule has 1 aromatic heterocycles. The van der Waals surface area contributed by atoms with Gasteiger partial charge < -0.3 is 10.6 Å². The van der Waals surface area contributed by atoms with Crippen molar-refractivity contribution in [2.75, 3.05) is 10.6 Å². The first-order valence-corrected chi connectivity index (χ1v) is 8.05. The molecule has 1 aliphatic carbocycles. The number of rotatable bonds is 4. The predicted molar refractivity (Wildman–Crippen MR) is 89.7 cm³/mol. The first-order chi connectivity index (χ1) is 10.3. The number of benzene rings is 2. The van der Waals surface area contributed by atoms with Crippen LogP contribution in [0.3, 0.4) is 0 Å². The SMILES string of the molecule is Nc1ccccc1CN(c1snc2ccccc12)C1CC1. The van der Waals surface area contributed by atoms with Crippen LogP contribution >= 0.6 is 11.5 Å². The lowest BCUT2D eigenvalue weighted by Crippen LogP contribution is -2.24. The maximum atomic E-state index is 6.12. The zero-order chi connectivity index (χ0) is 14.2. The van der Waals surface area contributed by atoms with Gasteiger partial charge >= 0.3 is 0 Å². The highest BCUT2D eigenvalue weighted by molar-refractivity contribution is 7.11. The molecule has 3 nitrogen and oxygen atoms in total. The molecule has 1 saturated carbocycles. The van der Waals surface area contributed by atoms with E-state index in [4.69, 9.17) is 5.73 Å². The molecule has 0 aliphatic heterocycles. The quantitative estimate of drug-likeness (QED) is 0.738. The number of para-hydroxylation sites is 1. The van der Waals surface area contributed by atoms with Gasteiger partial charge in [0.2, 0.25) is 0 Å². The van der Waals surface area contributed by atoms with Crippen molar-refractivity contribution in [3.63, 3.8) is 0 Å². The van der Waals surface area contributed by atoms with Crippen LogP contribution in [0.2, 0.25) is 0 Å². The molecule has 0 saturated heterocycles. The van der Waals surface area contributed by atoms with E-state index in [-0.39, 0.29) is 0 Å². The molecule has 0 spiro atoms. The van der Waals surface area contributed by atoms with Crippen molar-refractivity contribution in [1.82, 2.24) is 4.37 Å². The van der Waals surface area contributed by atoms with Gasteiger partial charge in [-0.25, -0.2) is 0 Å². The third-order valence-corrected chi connectivity index (χ3v) is 4.92. The standard InChI is InChI=1S/C17H17N3S/c18-15-7-3-1-5-12(15)11-20(13-9-10-13)17-14-6-2-4-8-16(14)19-21-17/h1-8,13H,9-11,18H2. The van der Waals surface area contributed by atoms with E-state index in [9.17, 15) is 0 Å². The molecule has 0 unspecified atom stereocenters. The van der Waals surface area contributed by atoms with Gasteiger partial charge in [-0.05, 0) is 48.1 Å². The number of hydrogen-bond donors (Lipinski definition) is 1. The Kier molecular flexibility index (Phi) is 3.04. The highest BCUT2D eigenvalue weighted by Crippen LogP contribution is 2.39. The van der Waals surface area contributed by atoms with E-state index in [0.29, 0.717) is 6.04 Å². The van der Waals surface area contributed by atoms with Gasteiger partial charge in [-0.3, -0.25) is 0 Å².